The number of piperazine rings is 1. The van der Waals surface area contributed by atoms with Gasteiger partial charge in [-0.25, -0.2) is 0 Å². The zero-order chi connectivity index (χ0) is 23.1. The lowest BCUT2D eigenvalue weighted by Crippen LogP contribution is -2.48. The standard InChI is InChI=1S/C25H25Cl2N3O3/c26-21-9-8-17(15-22(21)27)28-10-12-29(13-11-28)23(31)16-4-3-5-18(14-16)30-24(32)19-6-1-2-7-20(19)25(30)33/h3-5,8-9,14-15,19-20H,1-2,6-7,10-13H2. The number of fused-ring (bicyclic) bond motifs is 1. The van der Waals surface area contributed by atoms with Gasteiger partial charge in [0.15, 0.2) is 0 Å². The SMILES string of the molecule is O=C(c1cccc(N2C(=O)C3CCCCC3C2=O)c1)N1CCN(c2ccc(Cl)c(Cl)c2)CC1. The van der Waals surface area contributed by atoms with Crippen LogP contribution in [0.25, 0.3) is 0 Å². The molecule has 6 nitrogen and oxygen atoms in total. The Kier molecular flexibility index (Phi) is 6.06. The van der Waals surface area contributed by atoms with Crippen LogP contribution in [0, 0.1) is 11.8 Å². The molecule has 0 N–H and O–H groups in total. The number of nitrogens with zero attached hydrogens (tertiary/aromatic N) is 3. The summed E-state index contributed by atoms with van der Waals surface area (Å²) in [5.41, 5.74) is 1.97. The summed E-state index contributed by atoms with van der Waals surface area (Å²) in [4.78, 5) is 44.4. The highest BCUT2D eigenvalue weighted by atomic mass is 35.5. The smallest absolute Gasteiger partial charge is 0.254 e. The predicted octanol–water partition coefficient (Wildman–Crippen LogP) is 4.64. The van der Waals surface area contributed by atoms with Crippen LogP contribution >= 0.6 is 23.2 Å². The second-order valence-electron chi connectivity index (χ2n) is 8.94. The normalized spacial score (nSPS) is 23.2. The molecule has 2 aromatic rings. The highest BCUT2D eigenvalue weighted by Crippen LogP contribution is 2.40. The van der Waals surface area contributed by atoms with E-state index in [0.717, 1.165) is 31.4 Å². The molecule has 2 saturated heterocycles. The maximum Gasteiger partial charge on any atom is 0.254 e. The Morgan fingerprint density at radius 1 is 0.788 bits per heavy atom. The molecule has 1 saturated carbocycles. The Hall–Kier alpha value is -2.57. The fourth-order valence-electron chi connectivity index (χ4n) is 5.23. The molecule has 172 valence electrons. The summed E-state index contributed by atoms with van der Waals surface area (Å²) in [5, 5.41) is 1.03. The van der Waals surface area contributed by atoms with Crippen molar-refractivity contribution in [1.82, 2.24) is 4.90 Å². The molecule has 0 bridgehead atoms. The van der Waals surface area contributed by atoms with E-state index in [0.29, 0.717) is 47.5 Å². The van der Waals surface area contributed by atoms with E-state index >= 15 is 0 Å². The number of halogens is 2. The fraction of sp³-hybridized carbons (Fsp3) is 0.400. The lowest BCUT2D eigenvalue weighted by molar-refractivity contribution is -0.122. The Morgan fingerprint density at radius 2 is 1.45 bits per heavy atom. The van der Waals surface area contributed by atoms with E-state index < -0.39 is 0 Å². The Bertz CT molecular complexity index is 1090. The predicted molar refractivity (Wildman–Crippen MR) is 129 cm³/mol. The second-order valence-corrected chi connectivity index (χ2v) is 9.75. The van der Waals surface area contributed by atoms with Crippen molar-refractivity contribution in [3.05, 3.63) is 58.1 Å². The van der Waals surface area contributed by atoms with Crippen molar-refractivity contribution >= 4 is 52.3 Å². The molecule has 0 spiro atoms. The maximum atomic E-state index is 13.2. The molecule has 1 aliphatic carbocycles. The van der Waals surface area contributed by atoms with Gasteiger partial charge in [0, 0.05) is 37.4 Å². The van der Waals surface area contributed by atoms with Crippen LogP contribution in [-0.4, -0.2) is 48.8 Å². The van der Waals surface area contributed by atoms with E-state index in [1.54, 1.807) is 35.2 Å². The Morgan fingerprint density at radius 3 is 2.09 bits per heavy atom. The van der Waals surface area contributed by atoms with Crippen LogP contribution in [0.5, 0.6) is 0 Å². The molecule has 33 heavy (non-hydrogen) atoms. The topological polar surface area (TPSA) is 60.9 Å². The molecule has 0 aromatic heterocycles. The highest BCUT2D eigenvalue weighted by Gasteiger charge is 2.48. The van der Waals surface area contributed by atoms with Crippen molar-refractivity contribution in [2.75, 3.05) is 36.0 Å². The average Bonchev–Trinajstić information content (AvgIpc) is 3.10. The third-order valence-electron chi connectivity index (χ3n) is 7.03. The number of hydrogen-bond donors (Lipinski definition) is 0. The van der Waals surface area contributed by atoms with Gasteiger partial charge in [0.1, 0.15) is 0 Å². The molecular weight excluding hydrogens is 461 g/mol. The van der Waals surface area contributed by atoms with Crippen LogP contribution in [0.2, 0.25) is 10.0 Å². The Labute approximate surface area is 203 Å². The van der Waals surface area contributed by atoms with Gasteiger partial charge >= 0.3 is 0 Å². The molecule has 2 aromatic carbocycles. The summed E-state index contributed by atoms with van der Waals surface area (Å²) in [6.45, 7) is 2.48. The summed E-state index contributed by atoms with van der Waals surface area (Å²) in [7, 11) is 0. The van der Waals surface area contributed by atoms with E-state index in [1.165, 1.54) is 4.90 Å². The maximum absolute atomic E-state index is 13.2. The van der Waals surface area contributed by atoms with Crippen molar-refractivity contribution < 1.29 is 14.4 Å². The summed E-state index contributed by atoms with van der Waals surface area (Å²) < 4.78 is 0. The van der Waals surface area contributed by atoms with E-state index in [9.17, 15) is 14.4 Å². The minimum Gasteiger partial charge on any atom is -0.368 e. The van der Waals surface area contributed by atoms with Gasteiger partial charge in [0.2, 0.25) is 11.8 Å². The molecule has 2 atom stereocenters. The summed E-state index contributed by atoms with van der Waals surface area (Å²) in [5.74, 6) is -0.753. The van der Waals surface area contributed by atoms with Crippen LogP contribution < -0.4 is 9.80 Å². The molecule has 3 fully saturated rings. The van der Waals surface area contributed by atoms with Crippen LogP contribution in [0.15, 0.2) is 42.5 Å². The number of carbonyl (C=O) groups excluding carboxylic acids is 3. The number of carbonyl (C=O) groups is 3. The third-order valence-corrected chi connectivity index (χ3v) is 7.77. The second kappa shape index (κ2) is 8.99. The molecule has 3 amide bonds. The Balaban J connectivity index is 1.28. The number of anilines is 2. The molecule has 8 heteroatoms. The lowest BCUT2D eigenvalue weighted by atomic mass is 9.81. The van der Waals surface area contributed by atoms with Crippen LogP contribution in [0.4, 0.5) is 11.4 Å². The van der Waals surface area contributed by atoms with Gasteiger partial charge in [-0.15, -0.1) is 0 Å². The lowest BCUT2D eigenvalue weighted by Gasteiger charge is -2.36. The van der Waals surface area contributed by atoms with Gasteiger partial charge in [0.05, 0.1) is 27.6 Å². The van der Waals surface area contributed by atoms with Crippen molar-refractivity contribution in [3.63, 3.8) is 0 Å². The first-order chi connectivity index (χ1) is 15.9. The quantitative estimate of drug-likeness (QED) is 0.594. The van der Waals surface area contributed by atoms with Gasteiger partial charge in [-0.3, -0.25) is 19.3 Å². The van der Waals surface area contributed by atoms with Crippen molar-refractivity contribution in [1.29, 1.82) is 0 Å². The number of benzene rings is 2. The summed E-state index contributed by atoms with van der Waals surface area (Å²) >= 11 is 12.2. The minimum atomic E-state index is -0.208. The van der Waals surface area contributed by atoms with Crippen LogP contribution in [0.1, 0.15) is 36.0 Å². The number of amides is 3. The van der Waals surface area contributed by atoms with E-state index in [2.05, 4.69) is 4.90 Å². The first kappa shape index (κ1) is 22.2. The first-order valence-corrected chi connectivity index (χ1v) is 12.2. The van der Waals surface area contributed by atoms with Gasteiger partial charge < -0.3 is 9.80 Å². The largest absolute Gasteiger partial charge is 0.368 e. The summed E-state index contributed by atoms with van der Waals surface area (Å²) in [6.07, 6.45) is 3.52. The first-order valence-electron chi connectivity index (χ1n) is 11.4. The number of hydrogen-bond acceptors (Lipinski definition) is 4. The highest BCUT2D eigenvalue weighted by molar-refractivity contribution is 6.42. The number of rotatable bonds is 3. The monoisotopic (exact) mass is 485 g/mol. The van der Waals surface area contributed by atoms with Crippen molar-refractivity contribution in [3.8, 4) is 0 Å². The van der Waals surface area contributed by atoms with Gasteiger partial charge in [-0.1, -0.05) is 42.1 Å². The molecule has 0 radical (unpaired) electrons. The number of imide groups is 1. The van der Waals surface area contributed by atoms with E-state index in [1.807, 2.05) is 12.1 Å². The molecular formula is C25H25Cl2N3O3. The third kappa shape index (κ3) is 4.11. The van der Waals surface area contributed by atoms with Crippen molar-refractivity contribution in [2.24, 2.45) is 11.8 Å². The fourth-order valence-corrected chi connectivity index (χ4v) is 5.52. The zero-order valence-electron chi connectivity index (χ0n) is 18.2. The van der Waals surface area contributed by atoms with E-state index in [4.69, 9.17) is 23.2 Å². The molecule has 5 rings (SSSR count). The van der Waals surface area contributed by atoms with Crippen molar-refractivity contribution in [2.45, 2.75) is 25.7 Å². The molecule has 2 heterocycles. The molecule has 3 aliphatic rings. The molecule has 2 unspecified atom stereocenters. The van der Waals surface area contributed by atoms with Crippen LogP contribution in [0.3, 0.4) is 0 Å². The average molecular weight is 486 g/mol. The molecule has 2 aliphatic heterocycles. The van der Waals surface area contributed by atoms with Gasteiger partial charge in [-0.05, 0) is 49.2 Å². The minimum absolute atomic E-state index is 0.0952. The summed E-state index contributed by atoms with van der Waals surface area (Å²) in [6, 6.07) is 12.5. The zero-order valence-corrected chi connectivity index (χ0v) is 19.7. The van der Waals surface area contributed by atoms with Gasteiger partial charge in [-0.2, -0.15) is 0 Å². The van der Waals surface area contributed by atoms with E-state index in [-0.39, 0.29) is 29.6 Å². The van der Waals surface area contributed by atoms with Crippen LogP contribution in [-0.2, 0) is 9.59 Å². The van der Waals surface area contributed by atoms with Gasteiger partial charge in [0.25, 0.3) is 5.91 Å².